The van der Waals surface area contributed by atoms with Crippen LogP contribution in [0.5, 0.6) is 0 Å². The summed E-state index contributed by atoms with van der Waals surface area (Å²) in [6, 6.07) is 4.31. The lowest BCUT2D eigenvalue weighted by Crippen LogP contribution is -2.16. The van der Waals surface area contributed by atoms with Gasteiger partial charge in [0.05, 0.1) is 16.3 Å². The van der Waals surface area contributed by atoms with Crippen LogP contribution in [0.2, 0.25) is 0 Å². The second kappa shape index (κ2) is 5.33. The first-order valence-corrected chi connectivity index (χ1v) is 7.83. The number of sulfonamides is 1. The van der Waals surface area contributed by atoms with Gasteiger partial charge in [-0.15, -0.1) is 5.10 Å². The molecule has 0 fully saturated rings. The minimum Gasteiger partial charge on any atom is -0.398 e. The molecule has 0 aliphatic rings. The van der Waals surface area contributed by atoms with Gasteiger partial charge in [0, 0.05) is 10.2 Å². The molecule has 2 aromatic rings. The number of hydrogen-bond acceptors (Lipinski definition) is 6. The maximum Gasteiger partial charge on any atom is 0.264 e. The normalized spacial score (nSPS) is 11.3. The van der Waals surface area contributed by atoms with Gasteiger partial charge in [0.15, 0.2) is 0 Å². The van der Waals surface area contributed by atoms with E-state index in [1.807, 2.05) is 0 Å². The van der Waals surface area contributed by atoms with Crippen LogP contribution in [0.3, 0.4) is 0 Å². The van der Waals surface area contributed by atoms with Crippen molar-refractivity contribution in [3.63, 3.8) is 0 Å². The lowest BCUT2D eigenvalue weighted by molar-refractivity contribution is 0.600. The number of hydrogen-bond donors (Lipinski definition) is 2. The van der Waals surface area contributed by atoms with Crippen LogP contribution in [-0.4, -0.2) is 23.6 Å². The predicted molar refractivity (Wildman–Crippen MR) is 78.7 cm³/mol. The molecule has 0 unspecified atom stereocenters. The van der Waals surface area contributed by atoms with E-state index in [0.717, 1.165) is 0 Å². The fourth-order valence-electron chi connectivity index (χ4n) is 1.35. The summed E-state index contributed by atoms with van der Waals surface area (Å²) in [4.78, 5) is 4.08. The molecule has 106 valence electrons. The van der Waals surface area contributed by atoms with Gasteiger partial charge in [-0.25, -0.2) is 18.1 Å². The fraction of sp³-hybridized carbons (Fsp3) is 0.182. The Labute approximate surface area is 124 Å². The van der Waals surface area contributed by atoms with Gasteiger partial charge in [-0.2, -0.15) is 5.10 Å². The third kappa shape index (κ3) is 3.05. The monoisotopic (exact) mass is 357 g/mol. The van der Waals surface area contributed by atoms with Gasteiger partial charge >= 0.3 is 0 Å². The molecule has 0 spiro atoms. The van der Waals surface area contributed by atoms with Gasteiger partial charge in [-0.1, -0.05) is 0 Å². The van der Waals surface area contributed by atoms with E-state index >= 15 is 0 Å². The lowest BCUT2D eigenvalue weighted by atomic mass is 10.3. The first-order chi connectivity index (χ1) is 9.29. The minimum atomic E-state index is -3.78. The summed E-state index contributed by atoms with van der Waals surface area (Å²) >= 11 is 3.18. The van der Waals surface area contributed by atoms with Crippen molar-refractivity contribution in [1.82, 2.24) is 15.2 Å². The average molecular weight is 358 g/mol. The number of nitrogens with zero attached hydrogens (tertiary/aromatic N) is 3. The van der Waals surface area contributed by atoms with Crippen LogP contribution in [0.4, 0.5) is 11.6 Å². The molecule has 0 radical (unpaired) electrons. The molecule has 0 aliphatic heterocycles. The molecule has 1 aromatic heterocycles. The van der Waals surface area contributed by atoms with E-state index in [2.05, 4.69) is 35.8 Å². The molecule has 0 saturated heterocycles. The number of aryl methyl sites for hydroxylation is 2. The van der Waals surface area contributed by atoms with Crippen LogP contribution >= 0.6 is 15.9 Å². The first kappa shape index (κ1) is 14.7. The van der Waals surface area contributed by atoms with E-state index in [4.69, 9.17) is 5.73 Å². The molecule has 0 amide bonds. The van der Waals surface area contributed by atoms with E-state index in [0.29, 0.717) is 21.5 Å². The summed E-state index contributed by atoms with van der Waals surface area (Å²) in [7, 11) is -3.78. The maximum atomic E-state index is 12.2. The molecular formula is C11H12BrN5O2S. The van der Waals surface area contributed by atoms with Gasteiger partial charge in [0.1, 0.15) is 0 Å². The average Bonchev–Trinajstić information content (AvgIpc) is 2.37. The summed E-state index contributed by atoms with van der Waals surface area (Å²) in [6.07, 6.45) is 0. The van der Waals surface area contributed by atoms with Gasteiger partial charge < -0.3 is 5.73 Å². The smallest absolute Gasteiger partial charge is 0.264 e. The highest BCUT2D eigenvalue weighted by molar-refractivity contribution is 9.10. The zero-order chi connectivity index (χ0) is 14.9. The molecule has 7 nitrogen and oxygen atoms in total. The highest BCUT2D eigenvalue weighted by Crippen LogP contribution is 2.23. The molecular weight excluding hydrogens is 346 g/mol. The van der Waals surface area contributed by atoms with Crippen LogP contribution in [-0.2, 0) is 10.0 Å². The number of rotatable bonds is 3. The van der Waals surface area contributed by atoms with Gasteiger partial charge in [-0.3, -0.25) is 0 Å². The Morgan fingerprint density at radius 1 is 1.20 bits per heavy atom. The van der Waals surface area contributed by atoms with Crippen LogP contribution in [0.1, 0.15) is 11.4 Å². The highest BCUT2D eigenvalue weighted by atomic mass is 79.9. The number of nitrogens with two attached hydrogens (primary N) is 1. The van der Waals surface area contributed by atoms with Crippen molar-refractivity contribution in [2.45, 2.75) is 18.7 Å². The second-order valence-electron chi connectivity index (χ2n) is 4.10. The van der Waals surface area contributed by atoms with Crippen molar-refractivity contribution in [3.05, 3.63) is 34.1 Å². The van der Waals surface area contributed by atoms with Crippen molar-refractivity contribution in [1.29, 1.82) is 0 Å². The third-order valence-corrected chi connectivity index (χ3v) is 4.61. The molecule has 3 N–H and O–H groups in total. The first-order valence-electron chi connectivity index (χ1n) is 5.55. The molecule has 1 heterocycles. The topological polar surface area (TPSA) is 111 Å². The molecule has 1 aromatic carbocycles. The Kier molecular flexibility index (Phi) is 3.91. The van der Waals surface area contributed by atoms with Crippen LogP contribution in [0, 0.1) is 13.8 Å². The largest absolute Gasteiger partial charge is 0.398 e. The van der Waals surface area contributed by atoms with Crippen molar-refractivity contribution >= 4 is 37.6 Å². The number of nitrogen functional groups attached to an aromatic ring is 1. The van der Waals surface area contributed by atoms with Crippen molar-refractivity contribution < 1.29 is 8.42 Å². The van der Waals surface area contributed by atoms with Crippen molar-refractivity contribution in [3.8, 4) is 0 Å². The summed E-state index contributed by atoms with van der Waals surface area (Å²) in [5.41, 5.74) is 7.33. The molecule has 20 heavy (non-hydrogen) atoms. The minimum absolute atomic E-state index is 0.0559. The highest BCUT2D eigenvalue weighted by Gasteiger charge is 2.17. The van der Waals surface area contributed by atoms with Crippen molar-refractivity contribution in [2.75, 3.05) is 10.5 Å². The lowest BCUT2D eigenvalue weighted by Gasteiger charge is -2.08. The molecule has 0 aliphatic carbocycles. The zero-order valence-electron chi connectivity index (χ0n) is 10.8. The Morgan fingerprint density at radius 2 is 1.90 bits per heavy atom. The number of halogens is 1. The maximum absolute atomic E-state index is 12.2. The van der Waals surface area contributed by atoms with Crippen LogP contribution in [0.15, 0.2) is 27.6 Å². The number of anilines is 2. The molecule has 0 bridgehead atoms. The Hall–Kier alpha value is -1.74. The quantitative estimate of drug-likeness (QED) is 0.807. The Morgan fingerprint density at radius 3 is 2.50 bits per heavy atom. The van der Waals surface area contributed by atoms with E-state index in [1.165, 1.54) is 18.2 Å². The molecule has 9 heteroatoms. The SMILES string of the molecule is Cc1nnc(NS(=O)(=O)c2ccc(N)c(Br)c2)nc1C. The second-order valence-corrected chi connectivity index (χ2v) is 6.63. The number of aromatic nitrogens is 3. The predicted octanol–water partition coefficient (Wildman–Crippen LogP) is 1.63. The Bertz CT molecular complexity index is 763. The zero-order valence-corrected chi connectivity index (χ0v) is 13.2. The van der Waals surface area contributed by atoms with E-state index in [-0.39, 0.29) is 10.8 Å². The Balaban J connectivity index is 2.35. The summed E-state index contributed by atoms with van der Waals surface area (Å²) in [6.45, 7) is 3.46. The van der Waals surface area contributed by atoms with Crippen LogP contribution in [0.25, 0.3) is 0 Å². The number of nitrogens with one attached hydrogen (secondary N) is 1. The summed E-state index contributed by atoms with van der Waals surface area (Å²) in [5.74, 6) is -0.0685. The number of benzene rings is 1. The molecule has 0 saturated carbocycles. The van der Waals surface area contributed by atoms with E-state index in [1.54, 1.807) is 13.8 Å². The molecule has 2 rings (SSSR count). The van der Waals surface area contributed by atoms with Crippen molar-refractivity contribution in [2.24, 2.45) is 0 Å². The van der Waals surface area contributed by atoms with E-state index < -0.39 is 10.0 Å². The van der Waals surface area contributed by atoms with E-state index in [9.17, 15) is 8.42 Å². The van der Waals surface area contributed by atoms with Crippen LogP contribution < -0.4 is 10.5 Å². The van der Waals surface area contributed by atoms with Gasteiger partial charge in [0.2, 0.25) is 0 Å². The fourth-order valence-corrected chi connectivity index (χ4v) is 2.85. The standard InChI is InChI=1S/C11H12BrN5O2S/c1-6-7(2)15-16-11(14-6)17-20(18,19)8-3-4-10(13)9(12)5-8/h3-5H,13H2,1-2H3,(H,14,16,17). The van der Waals surface area contributed by atoms with Gasteiger partial charge in [0.25, 0.3) is 16.0 Å². The molecule has 0 atom stereocenters. The van der Waals surface area contributed by atoms with Gasteiger partial charge in [-0.05, 0) is 48.0 Å². The summed E-state index contributed by atoms with van der Waals surface area (Å²) < 4.78 is 27.1. The third-order valence-electron chi connectivity index (χ3n) is 2.60. The summed E-state index contributed by atoms with van der Waals surface area (Å²) in [5, 5.41) is 7.52.